The molecule has 0 saturated heterocycles. The zero-order valence-corrected chi connectivity index (χ0v) is 17.9. The Morgan fingerprint density at radius 3 is 2.42 bits per heavy atom. The average molecular weight is 426 g/mol. The van der Waals surface area contributed by atoms with Crippen LogP contribution >= 0.6 is 0 Å². The fourth-order valence-electron chi connectivity index (χ4n) is 3.08. The number of rotatable bonds is 4. The van der Waals surface area contributed by atoms with E-state index in [0.29, 0.717) is 5.56 Å². The topological polar surface area (TPSA) is 126 Å². The average Bonchev–Trinajstić information content (AvgIpc) is 2.73. The summed E-state index contributed by atoms with van der Waals surface area (Å²) in [5.41, 5.74) is 6.72. The van der Waals surface area contributed by atoms with Crippen LogP contribution in [-0.2, 0) is 19.7 Å². The maximum absolute atomic E-state index is 12.5. The molecule has 0 spiro atoms. The van der Waals surface area contributed by atoms with E-state index < -0.39 is 30.0 Å². The van der Waals surface area contributed by atoms with Gasteiger partial charge in [0, 0.05) is 11.8 Å². The van der Waals surface area contributed by atoms with E-state index in [1.807, 2.05) is 12.1 Å². The largest absolute Gasteiger partial charge is 0.467 e. The number of benzene rings is 1. The number of nitrogens with one attached hydrogen (secondary N) is 1. The molecule has 3 rings (SSSR count). The first-order valence-corrected chi connectivity index (χ1v) is 9.78. The first-order chi connectivity index (χ1) is 14.6. The number of aromatic nitrogens is 2. The summed E-state index contributed by atoms with van der Waals surface area (Å²) in [6, 6.07) is 8.05. The molecule has 1 aliphatic heterocycles. The summed E-state index contributed by atoms with van der Waals surface area (Å²) in [6.45, 7) is 6.27. The Kier molecular flexibility index (Phi) is 6.37. The molecule has 0 aliphatic carbocycles. The van der Waals surface area contributed by atoms with Crippen LogP contribution in [0.3, 0.4) is 0 Å². The molecule has 9 heteroatoms. The Hall–Kier alpha value is -3.30. The highest BCUT2D eigenvalue weighted by molar-refractivity contribution is 6.03. The maximum atomic E-state index is 12.5. The van der Waals surface area contributed by atoms with Gasteiger partial charge in [0.15, 0.2) is 12.3 Å². The van der Waals surface area contributed by atoms with Gasteiger partial charge in [0.25, 0.3) is 5.91 Å². The molecule has 3 N–H and O–H groups in total. The Morgan fingerprint density at radius 1 is 1.16 bits per heavy atom. The molecule has 0 bridgehead atoms. The first-order valence-electron chi connectivity index (χ1n) is 9.78. The number of methoxy groups -OCH3 is 1. The molecule has 9 nitrogen and oxygen atoms in total. The van der Waals surface area contributed by atoms with Crippen LogP contribution in [0.4, 0.5) is 5.82 Å². The molecule has 2 aromatic rings. The van der Waals surface area contributed by atoms with Gasteiger partial charge >= 0.3 is 11.7 Å². The molecule has 1 aromatic heterocycles. The van der Waals surface area contributed by atoms with Gasteiger partial charge in [-0.25, -0.2) is 9.59 Å². The Morgan fingerprint density at radius 2 is 1.84 bits per heavy atom. The van der Waals surface area contributed by atoms with Crippen molar-refractivity contribution in [3.8, 4) is 0 Å². The van der Waals surface area contributed by atoms with Crippen LogP contribution in [-0.4, -0.2) is 40.7 Å². The van der Waals surface area contributed by atoms with Crippen LogP contribution in [0.1, 0.15) is 42.9 Å². The van der Waals surface area contributed by atoms with Crippen molar-refractivity contribution in [2.45, 2.75) is 44.6 Å². The number of amides is 1. The number of hydrogen-bond acceptors (Lipinski definition) is 7. The van der Waals surface area contributed by atoms with Gasteiger partial charge in [0.2, 0.25) is 0 Å². The molecule has 0 fully saturated rings. The molecule has 1 aromatic carbocycles. The number of hydrogen-bond donors (Lipinski definition) is 2. The van der Waals surface area contributed by atoms with E-state index in [-0.39, 0.29) is 17.1 Å². The van der Waals surface area contributed by atoms with Crippen molar-refractivity contribution in [2.24, 2.45) is 5.73 Å². The van der Waals surface area contributed by atoms with E-state index in [1.165, 1.54) is 23.9 Å². The molecule has 0 saturated carbocycles. The van der Waals surface area contributed by atoms with Gasteiger partial charge in [-0.1, -0.05) is 39.0 Å². The zero-order valence-electron chi connectivity index (χ0n) is 17.9. The molecule has 1 amide bonds. The molecule has 2 heterocycles. The quantitative estimate of drug-likeness (QED) is 0.563. The minimum absolute atomic E-state index is 0.0203. The molecule has 3 atom stereocenters. The predicted molar refractivity (Wildman–Crippen MR) is 115 cm³/mol. The van der Waals surface area contributed by atoms with Crippen molar-refractivity contribution in [2.75, 3.05) is 12.4 Å². The molecule has 1 aliphatic rings. The van der Waals surface area contributed by atoms with Gasteiger partial charge in [-0.3, -0.25) is 9.36 Å². The standard InChI is InChI=1S/C22H26N4O5/c1-22(2,3)14-7-5-13(6-8-14)19(27)24-16-11-12-26(21(29)25-16)17-10-9-15(23)18(31-17)20(28)30-4/h5-12,15,17-18H,23H2,1-4H3,(H,24,25,27,29)/t15-,17+,18-/m0/s1. The molecule has 0 radical (unpaired) electrons. The molecular formula is C22H26N4O5. The summed E-state index contributed by atoms with van der Waals surface area (Å²) < 4.78 is 11.5. The second-order valence-electron chi connectivity index (χ2n) is 8.22. The van der Waals surface area contributed by atoms with Gasteiger partial charge in [-0.05, 0) is 35.3 Å². The zero-order chi connectivity index (χ0) is 22.8. The second kappa shape index (κ2) is 8.83. The van der Waals surface area contributed by atoms with E-state index in [0.717, 1.165) is 5.56 Å². The lowest BCUT2D eigenvalue weighted by molar-refractivity contribution is -0.161. The van der Waals surface area contributed by atoms with Crippen LogP contribution in [0.2, 0.25) is 0 Å². The van der Waals surface area contributed by atoms with E-state index in [2.05, 4.69) is 35.8 Å². The van der Waals surface area contributed by atoms with Crippen molar-refractivity contribution in [3.63, 3.8) is 0 Å². The summed E-state index contributed by atoms with van der Waals surface area (Å²) in [5, 5.41) is 2.61. The lowest BCUT2D eigenvalue weighted by Crippen LogP contribution is -2.46. The monoisotopic (exact) mass is 426 g/mol. The van der Waals surface area contributed by atoms with Crippen LogP contribution in [0.5, 0.6) is 0 Å². The second-order valence-corrected chi connectivity index (χ2v) is 8.22. The van der Waals surface area contributed by atoms with Crippen molar-refractivity contribution in [1.29, 1.82) is 0 Å². The Bertz CT molecular complexity index is 1050. The lowest BCUT2D eigenvalue weighted by atomic mass is 9.87. The van der Waals surface area contributed by atoms with Gasteiger partial charge in [-0.2, -0.15) is 4.98 Å². The lowest BCUT2D eigenvalue weighted by Gasteiger charge is -2.29. The predicted octanol–water partition coefficient (Wildman–Crippen LogP) is 1.75. The van der Waals surface area contributed by atoms with Crippen LogP contribution in [0.25, 0.3) is 0 Å². The van der Waals surface area contributed by atoms with E-state index in [4.69, 9.17) is 10.5 Å². The van der Waals surface area contributed by atoms with E-state index >= 15 is 0 Å². The highest BCUT2D eigenvalue weighted by atomic mass is 16.6. The number of nitrogens with zero attached hydrogens (tertiary/aromatic N) is 2. The summed E-state index contributed by atoms with van der Waals surface area (Å²) >= 11 is 0. The molecule has 31 heavy (non-hydrogen) atoms. The number of ether oxygens (including phenoxy) is 2. The van der Waals surface area contributed by atoms with Gasteiger partial charge < -0.3 is 20.5 Å². The number of anilines is 1. The third kappa shape index (κ3) is 5.07. The van der Waals surface area contributed by atoms with Gasteiger partial charge in [0.05, 0.1) is 13.2 Å². The third-order valence-corrected chi connectivity index (χ3v) is 4.93. The smallest absolute Gasteiger partial charge is 0.351 e. The van der Waals surface area contributed by atoms with Crippen molar-refractivity contribution < 1.29 is 19.1 Å². The highest BCUT2D eigenvalue weighted by Crippen LogP contribution is 2.23. The number of esters is 1. The number of nitrogens with two attached hydrogens (primary N) is 1. The van der Waals surface area contributed by atoms with Crippen molar-refractivity contribution in [3.05, 3.63) is 70.3 Å². The fourth-order valence-corrected chi connectivity index (χ4v) is 3.08. The summed E-state index contributed by atoms with van der Waals surface area (Å²) in [7, 11) is 1.23. The van der Waals surface area contributed by atoms with Crippen molar-refractivity contribution in [1.82, 2.24) is 9.55 Å². The Balaban J connectivity index is 1.74. The van der Waals surface area contributed by atoms with Crippen LogP contribution in [0.15, 0.2) is 53.5 Å². The first kappa shape index (κ1) is 22.4. The van der Waals surface area contributed by atoms with Gasteiger partial charge in [0.1, 0.15) is 5.82 Å². The summed E-state index contributed by atoms with van der Waals surface area (Å²) in [6.07, 6.45) is 2.63. The van der Waals surface area contributed by atoms with Crippen LogP contribution < -0.4 is 16.7 Å². The van der Waals surface area contributed by atoms with Gasteiger partial charge in [-0.15, -0.1) is 0 Å². The van der Waals surface area contributed by atoms with E-state index in [1.54, 1.807) is 24.3 Å². The normalized spacial score (nSPS) is 20.9. The minimum atomic E-state index is -1.04. The van der Waals surface area contributed by atoms with Crippen molar-refractivity contribution >= 4 is 17.7 Å². The Labute approximate surface area is 179 Å². The summed E-state index contributed by atoms with van der Waals surface area (Å²) in [5.74, 6) is -0.910. The molecule has 164 valence electrons. The van der Waals surface area contributed by atoms with Crippen LogP contribution in [0, 0.1) is 0 Å². The maximum Gasteiger partial charge on any atom is 0.351 e. The SMILES string of the molecule is COC(=O)[C@H]1O[C@@H](n2ccc(NC(=O)c3ccc(C(C)(C)C)cc3)nc2=O)C=C[C@@H]1N. The van der Waals surface area contributed by atoms with E-state index in [9.17, 15) is 14.4 Å². The summed E-state index contributed by atoms with van der Waals surface area (Å²) in [4.78, 5) is 40.7. The molecular weight excluding hydrogens is 400 g/mol. The fraction of sp³-hybridized carbons (Fsp3) is 0.364. The highest BCUT2D eigenvalue weighted by Gasteiger charge is 2.32. The minimum Gasteiger partial charge on any atom is -0.467 e. The number of carbonyl (C=O) groups excluding carboxylic acids is 2. The third-order valence-electron chi connectivity index (χ3n) is 4.93. The molecule has 0 unspecified atom stereocenters. The number of carbonyl (C=O) groups is 2.